The third-order valence-corrected chi connectivity index (χ3v) is 4.68. The fourth-order valence-corrected chi connectivity index (χ4v) is 3.53. The standard InChI is InChI=1S/C20H19ClN2O2S/c1-13(2)25-18-9-4-3-8-17(18)19(24)23-20-22-12-16(26-20)11-14-6-5-7-15(21)10-14/h3-10,12-13H,11H2,1-2H3,(H,22,23,24). The van der Waals surface area contributed by atoms with Crippen molar-refractivity contribution in [3.05, 3.63) is 75.8 Å². The number of rotatable bonds is 6. The molecule has 0 bridgehead atoms. The largest absolute Gasteiger partial charge is 0.490 e. The summed E-state index contributed by atoms with van der Waals surface area (Å²) in [6.45, 7) is 3.86. The highest BCUT2D eigenvalue weighted by molar-refractivity contribution is 7.15. The van der Waals surface area contributed by atoms with Crippen LogP contribution in [0.4, 0.5) is 5.13 Å². The van der Waals surface area contributed by atoms with Gasteiger partial charge in [0, 0.05) is 22.5 Å². The molecule has 1 amide bonds. The molecule has 4 nitrogen and oxygen atoms in total. The van der Waals surface area contributed by atoms with Gasteiger partial charge in [-0.05, 0) is 43.7 Å². The molecule has 1 aromatic heterocycles. The van der Waals surface area contributed by atoms with Crippen LogP contribution in [0.2, 0.25) is 5.02 Å². The van der Waals surface area contributed by atoms with E-state index in [1.54, 1.807) is 18.3 Å². The summed E-state index contributed by atoms with van der Waals surface area (Å²) in [6, 6.07) is 14.9. The molecule has 3 aromatic rings. The summed E-state index contributed by atoms with van der Waals surface area (Å²) in [5.41, 5.74) is 1.60. The number of carbonyl (C=O) groups excluding carboxylic acids is 1. The van der Waals surface area contributed by atoms with E-state index in [4.69, 9.17) is 16.3 Å². The number of aromatic nitrogens is 1. The van der Waals surface area contributed by atoms with Gasteiger partial charge < -0.3 is 4.74 Å². The van der Waals surface area contributed by atoms with Gasteiger partial charge in [-0.3, -0.25) is 10.1 Å². The third kappa shape index (κ3) is 4.84. The lowest BCUT2D eigenvalue weighted by Gasteiger charge is -2.13. The van der Waals surface area contributed by atoms with Crippen LogP contribution in [-0.4, -0.2) is 17.0 Å². The van der Waals surface area contributed by atoms with Crippen molar-refractivity contribution >= 4 is 34.0 Å². The number of para-hydroxylation sites is 1. The topological polar surface area (TPSA) is 51.2 Å². The normalized spacial score (nSPS) is 10.8. The summed E-state index contributed by atoms with van der Waals surface area (Å²) in [7, 11) is 0. The molecular weight excluding hydrogens is 368 g/mol. The predicted molar refractivity (Wildman–Crippen MR) is 107 cm³/mol. The van der Waals surface area contributed by atoms with E-state index in [1.807, 2.05) is 50.2 Å². The highest BCUT2D eigenvalue weighted by atomic mass is 35.5. The zero-order valence-electron chi connectivity index (χ0n) is 14.5. The van der Waals surface area contributed by atoms with Gasteiger partial charge in [-0.2, -0.15) is 0 Å². The molecular formula is C20H19ClN2O2S. The maximum atomic E-state index is 12.6. The maximum absolute atomic E-state index is 12.6. The van der Waals surface area contributed by atoms with Crippen molar-refractivity contribution in [1.29, 1.82) is 0 Å². The number of benzene rings is 2. The van der Waals surface area contributed by atoms with Crippen LogP contribution < -0.4 is 10.1 Å². The van der Waals surface area contributed by atoms with Gasteiger partial charge in [0.2, 0.25) is 0 Å². The molecule has 1 heterocycles. The number of amides is 1. The Morgan fingerprint density at radius 1 is 1.23 bits per heavy atom. The van der Waals surface area contributed by atoms with Gasteiger partial charge in [-0.25, -0.2) is 4.98 Å². The van der Waals surface area contributed by atoms with Crippen molar-refractivity contribution in [1.82, 2.24) is 4.98 Å². The van der Waals surface area contributed by atoms with Gasteiger partial charge in [-0.1, -0.05) is 35.9 Å². The molecule has 0 unspecified atom stereocenters. The Hall–Kier alpha value is -2.37. The van der Waals surface area contributed by atoms with Crippen LogP contribution in [0.1, 0.15) is 34.6 Å². The Morgan fingerprint density at radius 2 is 2.04 bits per heavy atom. The smallest absolute Gasteiger partial charge is 0.261 e. The van der Waals surface area contributed by atoms with Gasteiger partial charge in [0.15, 0.2) is 5.13 Å². The third-order valence-electron chi connectivity index (χ3n) is 3.54. The molecule has 0 aliphatic rings. The van der Waals surface area contributed by atoms with E-state index in [2.05, 4.69) is 10.3 Å². The average molecular weight is 387 g/mol. The first-order valence-electron chi connectivity index (χ1n) is 8.27. The molecule has 0 fully saturated rings. The van der Waals surface area contributed by atoms with Crippen LogP contribution in [0.25, 0.3) is 0 Å². The first-order chi connectivity index (χ1) is 12.5. The van der Waals surface area contributed by atoms with Crippen LogP contribution in [0.5, 0.6) is 5.75 Å². The number of halogens is 1. The molecule has 134 valence electrons. The van der Waals surface area contributed by atoms with Crippen LogP contribution in [0.15, 0.2) is 54.7 Å². The SMILES string of the molecule is CC(C)Oc1ccccc1C(=O)Nc1ncc(Cc2cccc(Cl)c2)s1. The minimum atomic E-state index is -0.232. The van der Waals surface area contributed by atoms with Gasteiger partial charge in [0.1, 0.15) is 5.75 Å². The molecule has 6 heteroatoms. The zero-order chi connectivity index (χ0) is 18.5. The number of anilines is 1. The molecule has 1 N–H and O–H groups in total. The Kier molecular flexibility index (Phi) is 5.91. The van der Waals surface area contributed by atoms with E-state index in [0.29, 0.717) is 21.5 Å². The van der Waals surface area contributed by atoms with Crippen molar-refractivity contribution in [3.8, 4) is 5.75 Å². The van der Waals surface area contributed by atoms with Gasteiger partial charge >= 0.3 is 0 Å². The molecule has 26 heavy (non-hydrogen) atoms. The summed E-state index contributed by atoms with van der Waals surface area (Å²) in [5.74, 6) is 0.334. The fraction of sp³-hybridized carbons (Fsp3) is 0.200. The van der Waals surface area contributed by atoms with Crippen LogP contribution in [0.3, 0.4) is 0 Å². The first-order valence-corrected chi connectivity index (χ1v) is 9.47. The lowest BCUT2D eigenvalue weighted by Crippen LogP contribution is -2.15. The van der Waals surface area contributed by atoms with Crippen molar-refractivity contribution in [2.45, 2.75) is 26.4 Å². The Labute approximate surface area is 161 Å². The Morgan fingerprint density at radius 3 is 2.81 bits per heavy atom. The minimum absolute atomic E-state index is 0.00638. The maximum Gasteiger partial charge on any atom is 0.261 e. The van der Waals surface area contributed by atoms with Crippen molar-refractivity contribution in [3.63, 3.8) is 0 Å². The second kappa shape index (κ2) is 8.34. The molecule has 0 spiro atoms. The van der Waals surface area contributed by atoms with E-state index >= 15 is 0 Å². The zero-order valence-corrected chi connectivity index (χ0v) is 16.1. The van der Waals surface area contributed by atoms with Crippen LogP contribution >= 0.6 is 22.9 Å². The van der Waals surface area contributed by atoms with E-state index < -0.39 is 0 Å². The van der Waals surface area contributed by atoms with E-state index in [1.165, 1.54) is 11.3 Å². The number of nitrogens with one attached hydrogen (secondary N) is 1. The number of hydrogen-bond donors (Lipinski definition) is 1. The Bertz CT molecular complexity index is 908. The lowest BCUT2D eigenvalue weighted by atomic mass is 10.1. The van der Waals surface area contributed by atoms with Crippen LogP contribution in [0, 0.1) is 0 Å². The lowest BCUT2D eigenvalue weighted by molar-refractivity contribution is 0.102. The van der Waals surface area contributed by atoms with Crippen molar-refractivity contribution in [2.24, 2.45) is 0 Å². The molecule has 2 aromatic carbocycles. The van der Waals surface area contributed by atoms with E-state index in [0.717, 1.165) is 16.9 Å². The van der Waals surface area contributed by atoms with Gasteiger partial charge in [0.05, 0.1) is 11.7 Å². The van der Waals surface area contributed by atoms with Crippen molar-refractivity contribution < 1.29 is 9.53 Å². The number of thiazole rings is 1. The number of ether oxygens (including phenoxy) is 1. The van der Waals surface area contributed by atoms with Crippen LogP contribution in [-0.2, 0) is 6.42 Å². The first kappa shape index (κ1) is 18.4. The number of nitrogens with zero attached hydrogens (tertiary/aromatic N) is 1. The fourth-order valence-electron chi connectivity index (χ4n) is 2.47. The summed E-state index contributed by atoms with van der Waals surface area (Å²) < 4.78 is 5.71. The molecule has 0 saturated carbocycles. The van der Waals surface area contributed by atoms with Gasteiger partial charge in [-0.15, -0.1) is 11.3 Å². The number of carbonyl (C=O) groups is 1. The molecule has 0 aliphatic carbocycles. The quantitative estimate of drug-likeness (QED) is 0.614. The highest BCUT2D eigenvalue weighted by Gasteiger charge is 2.15. The summed E-state index contributed by atoms with van der Waals surface area (Å²) in [4.78, 5) is 17.9. The summed E-state index contributed by atoms with van der Waals surface area (Å²) >= 11 is 7.47. The van der Waals surface area contributed by atoms with E-state index in [-0.39, 0.29) is 12.0 Å². The van der Waals surface area contributed by atoms with Gasteiger partial charge in [0.25, 0.3) is 5.91 Å². The molecule has 3 rings (SSSR count). The molecule has 0 atom stereocenters. The molecule has 0 saturated heterocycles. The summed E-state index contributed by atoms with van der Waals surface area (Å²) in [5, 5.41) is 4.12. The van der Waals surface area contributed by atoms with Crippen molar-refractivity contribution in [2.75, 3.05) is 5.32 Å². The van der Waals surface area contributed by atoms with E-state index in [9.17, 15) is 4.79 Å². The second-order valence-corrected chi connectivity index (χ2v) is 7.61. The number of hydrogen-bond acceptors (Lipinski definition) is 4. The molecule has 0 radical (unpaired) electrons. The highest BCUT2D eigenvalue weighted by Crippen LogP contribution is 2.25. The predicted octanol–water partition coefficient (Wildman–Crippen LogP) is 5.43. The second-order valence-electron chi connectivity index (χ2n) is 6.06. The average Bonchev–Trinajstić information content (AvgIpc) is 3.01. The molecule has 0 aliphatic heterocycles. The summed E-state index contributed by atoms with van der Waals surface area (Å²) in [6.07, 6.45) is 2.49. The Balaban J connectivity index is 1.70. The monoisotopic (exact) mass is 386 g/mol. The minimum Gasteiger partial charge on any atom is -0.490 e.